The molecule has 0 radical (unpaired) electrons. The summed E-state index contributed by atoms with van der Waals surface area (Å²) >= 11 is 0. The number of rotatable bonds is 7. The van der Waals surface area contributed by atoms with Crippen LogP contribution in [0.4, 0.5) is 5.69 Å². The van der Waals surface area contributed by atoms with Crippen LogP contribution in [0.1, 0.15) is 49.4 Å². The van der Waals surface area contributed by atoms with Gasteiger partial charge in [-0.1, -0.05) is 12.5 Å². The normalized spacial score (nSPS) is 15.2. The minimum Gasteiger partial charge on any atom is -0.497 e. The van der Waals surface area contributed by atoms with Crippen molar-refractivity contribution in [2.24, 2.45) is 0 Å². The molecule has 0 heterocycles. The lowest BCUT2D eigenvalue weighted by Gasteiger charge is -2.21. The molecule has 1 amide bonds. The van der Waals surface area contributed by atoms with Crippen molar-refractivity contribution in [3.63, 3.8) is 0 Å². The highest BCUT2D eigenvalue weighted by Crippen LogP contribution is 2.22. The van der Waals surface area contributed by atoms with E-state index in [4.69, 9.17) is 14.2 Å². The molecule has 1 aliphatic rings. The highest BCUT2D eigenvalue weighted by molar-refractivity contribution is 5.95. The number of ether oxygens (including phenoxy) is 3. The van der Waals surface area contributed by atoms with E-state index in [-0.39, 0.29) is 18.0 Å². The Morgan fingerprint density at radius 2 is 1.69 bits per heavy atom. The molecular weight excluding hydrogens is 370 g/mol. The largest absolute Gasteiger partial charge is 0.497 e. The first kappa shape index (κ1) is 20.7. The quantitative estimate of drug-likeness (QED) is 0.692. The number of amides is 1. The van der Waals surface area contributed by atoms with Gasteiger partial charge >= 0.3 is 5.97 Å². The number of benzene rings is 2. The SMILES string of the molecule is COc1cccc(OC(C)C(=O)Nc2ccc(C(=O)OC3CCCCC3)cc2)c1. The Hall–Kier alpha value is -3.02. The van der Waals surface area contributed by atoms with Crippen molar-refractivity contribution < 1.29 is 23.8 Å². The summed E-state index contributed by atoms with van der Waals surface area (Å²) in [6.07, 6.45) is 4.62. The first-order valence-corrected chi connectivity index (χ1v) is 9.98. The minimum atomic E-state index is -0.696. The first-order valence-electron chi connectivity index (χ1n) is 9.98. The van der Waals surface area contributed by atoms with E-state index in [1.807, 2.05) is 0 Å². The van der Waals surface area contributed by atoms with Crippen molar-refractivity contribution >= 4 is 17.6 Å². The van der Waals surface area contributed by atoms with E-state index >= 15 is 0 Å². The third kappa shape index (κ3) is 5.98. The summed E-state index contributed by atoms with van der Waals surface area (Å²) < 4.78 is 16.4. The molecule has 3 rings (SSSR count). The smallest absolute Gasteiger partial charge is 0.338 e. The number of hydrogen-bond donors (Lipinski definition) is 1. The molecule has 2 aromatic rings. The first-order chi connectivity index (χ1) is 14.0. The van der Waals surface area contributed by atoms with E-state index < -0.39 is 6.10 Å². The lowest BCUT2D eigenvalue weighted by atomic mass is 9.98. The van der Waals surface area contributed by atoms with Crippen molar-refractivity contribution in [2.45, 2.75) is 51.2 Å². The minimum absolute atomic E-state index is 0.0187. The molecule has 0 bridgehead atoms. The number of nitrogens with one attached hydrogen (secondary N) is 1. The van der Waals surface area contributed by atoms with E-state index in [0.29, 0.717) is 22.7 Å². The van der Waals surface area contributed by atoms with Gasteiger partial charge in [-0.3, -0.25) is 4.79 Å². The second kappa shape index (κ2) is 9.96. The van der Waals surface area contributed by atoms with Crippen LogP contribution >= 0.6 is 0 Å². The number of methoxy groups -OCH3 is 1. The molecule has 1 unspecified atom stereocenters. The molecule has 1 fully saturated rings. The van der Waals surface area contributed by atoms with Gasteiger partial charge in [-0.05, 0) is 69.0 Å². The molecule has 6 heteroatoms. The van der Waals surface area contributed by atoms with Crippen molar-refractivity contribution in [2.75, 3.05) is 12.4 Å². The van der Waals surface area contributed by atoms with Crippen LogP contribution in [0.5, 0.6) is 11.5 Å². The van der Waals surface area contributed by atoms with Crippen LogP contribution in [-0.4, -0.2) is 31.2 Å². The second-order valence-electron chi connectivity index (χ2n) is 7.17. The molecule has 0 spiro atoms. The highest BCUT2D eigenvalue weighted by Gasteiger charge is 2.19. The third-order valence-corrected chi connectivity index (χ3v) is 4.94. The maximum Gasteiger partial charge on any atom is 0.338 e. The maximum absolute atomic E-state index is 12.4. The fraction of sp³-hybridized carbons (Fsp3) is 0.391. The summed E-state index contributed by atoms with van der Waals surface area (Å²) in [7, 11) is 1.57. The zero-order valence-corrected chi connectivity index (χ0v) is 16.9. The lowest BCUT2D eigenvalue weighted by molar-refractivity contribution is -0.122. The number of esters is 1. The molecule has 1 atom stereocenters. The Labute approximate surface area is 171 Å². The molecule has 6 nitrogen and oxygen atoms in total. The van der Waals surface area contributed by atoms with E-state index in [2.05, 4.69) is 5.32 Å². The van der Waals surface area contributed by atoms with Crippen molar-refractivity contribution in [1.29, 1.82) is 0 Å². The predicted molar refractivity (Wildman–Crippen MR) is 110 cm³/mol. The van der Waals surface area contributed by atoms with Gasteiger partial charge in [0.25, 0.3) is 5.91 Å². The molecule has 0 saturated heterocycles. The van der Waals surface area contributed by atoms with Crippen molar-refractivity contribution in [3.8, 4) is 11.5 Å². The fourth-order valence-electron chi connectivity index (χ4n) is 3.27. The van der Waals surface area contributed by atoms with Gasteiger partial charge in [0.2, 0.25) is 0 Å². The van der Waals surface area contributed by atoms with Crippen LogP contribution < -0.4 is 14.8 Å². The molecule has 0 aromatic heterocycles. The van der Waals surface area contributed by atoms with E-state index in [1.54, 1.807) is 62.6 Å². The number of carbonyl (C=O) groups excluding carboxylic acids is 2. The van der Waals surface area contributed by atoms with Crippen LogP contribution in [0.2, 0.25) is 0 Å². The summed E-state index contributed by atoms with van der Waals surface area (Å²) in [5, 5.41) is 2.79. The standard InChI is InChI=1S/C23H27NO5/c1-16(28-21-10-6-9-20(15-21)27-2)22(25)24-18-13-11-17(12-14-18)23(26)29-19-7-4-3-5-8-19/h6,9-16,19H,3-5,7-8H2,1-2H3,(H,24,25). The average Bonchev–Trinajstić information content (AvgIpc) is 2.75. The Kier molecular flexibility index (Phi) is 7.11. The number of anilines is 1. The second-order valence-corrected chi connectivity index (χ2v) is 7.17. The van der Waals surface area contributed by atoms with E-state index in [1.165, 1.54) is 6.42 Å². The van der Waals surface area contributed by atoms with Gasteiger partial charge in [0.15, 0.2) is 6.10 Å². The molecule has 1 saturated carbocycles. The molecule has 29 heavy (non-hydrogen) atoms. The Morgan fingerprint density at radius 3 is 2.38 bits per heavy atom. The molecule has 154 valence electrons. The zero-order chi connectivity index (χ0) is 20.6. The van der Waals surface area contributed by atoms with Gasteiger partial charge in [-0.25, -0.2) is 4.79 Å². The van der Waals surface area contributed by atoms with Gasteiger partial charge < -0.3 is 19.5 Å². The molecule has 1 aliphatic carbocycles. The topological polar surface area (TPSA) is 73.9 Å². The molecular formula is C23H27NO5. The highest BCUT2D eigenvalue weighted by atomic mass is 16.5. The summed E-state index contributed by atoms with van der Waals surface area (Å²) in [5.41, 5.74) is 1.07. The van der Waals surface area contributed by atoms with E-state index in [0.717, 1.165) is 25.7 Å². The van der Waals surface area contributed by atoms with Gasteiger partial charge in [0.05, 0.1) is 12.7 Å². The van der Waals surface area contributed by atoms with Crippen LogP contribution in [0.25, 0.3) is 0 Å². The van der Waals surface area contributed by atoms with Gasteiger partial charge in [0.1, 0.15) is 17.6 Å². The summed E-state index contributed by atoms with van der Waals surface area (Å²) in [6.45, 7) is 1.67. The van der Waals surface area contributed by atoms with Crippen LogP contribution in [0.3, 0.4) is 0 Å². The monoisotopic (exact) mass is 397 g/mol. The fourth-order valence-corrected chi connectivity index (χ4v) is 3.27. The summed E-state index contributed by atoms with van der Waals surface area (Å²) in [4.78, 5) is 24.7. The van der Waals surface area contributed by atoms with Crippen LogP contribution in [0, 0.1) is 0 Å². The Balaban J connectivity index is 1.52. The maximum atomic E-state index is 12.4. The van der Waals surface area contributed by atoms with E-state index in [9.17, 15) is 9.59 Å². The van der Waals surface area contributed by atoms with Crippen LogP contribution in [-0.2, 0) is 9.53 Å². The number of hydrogen-bond acceptors (Lipinski definition) is 5. The predicted octanol–water partition coefficient (Wildman–Crippen LogP) is 4.59. The number of carbonyl (C=O) groups is 2. The summed E-state index contributed by atoms with van der Waals surface area (Å²) in [6, 6.07) is 13.8. The Bertz CT molecular complexity index is 827. The molecule has 1 N–H and O–H groups in total. The van der Waals surface area contributed by atoms with Crippen LogP contribution in [0.15, 0.2) is 48.5 Å². The average molecular weight is 397 g/mol. The zero-order valence-electron chi connectivity index (χ0n) is 16.9. The summed E-state index contributed by atoms with van der Waals surface area (Å²) in [5.74, 6) is 0.605. The van der Waals surface area contributed by atoms with Crippen molar-refractivity contribution in [3.05, 3.63) is 54.1 Å². The van der Waals surface area contributed by atoms with Gasteiger partial charge in [0, 0.05) is 11.8 Å². The van der Waals surface area contributed by atoms with Gasteiger partial charge in [-0.2, -0.15) is 0 Å². The lowest BCUT2D eigenvalue weighted by Crippen LogP contribution is -2.30. The molecule has 0 aliphatic heterocycles. The van der Waals surface area contributed by atoms with Gasteiger partial charge in [-0.15, -0.1) is 0 Å². The van der Waals surface area contributed by atoms with Crippen molar-refractivity contribution in [1.82, 2.24) is 0 Å². The third-order valence-electron chi connectivity index (χ3n) is 4.94. The Morgan fingerprint density at radius 1 is 1.00 bits per heavy atom. The molecule has 2 aromatic carbocycles.